The summed E-state index contributed by atoms with van der Waals surface area (Å²) in [5.41, 5.74) is 6.10. The van der Waals surface area contributed by atoms with Gasteiger partial charge in [-0.15, -0.1) is 10.2 Å². The van der Waals surface area contributed by atoms with Gasteiger partial charge in [0, 0.05) is 17.3 Å². The SMILES string of the molecule is CC(C)CCOc1ccc(NC(=O)c2cc3ccccc3c(/N=N/c3ncccc3C(N)=O)c2O)cc1. The van der Waals surface area contributed by atoms with Crippen LogP contribution in [0.15, 0.2) is 83.2 Å². The van der Waals surface area contributed by atoms with Crippen LogP contribution in [-0.4, -0.2) is 28.5 Å². The zero-order valence-corrected chi connectivity index (χ0v) is 20.5. The smallest absolute Gasteiger partial charge is 0.259 e. The summed E-state index contributed by atoms with van der Waals surface area (Å²) in [5.74, 6) is -0.329. The highest BCUT2D eigenvalue weighted by molar-refractivity contribution is 6.11. The monoisotopic (exact) mass is 497 g/mol. The van der Waals surface area contributed by atoms with Crippen LogP contribution < -0.4 is 15.8 Å². The molecule has 1 aromatic heterocycles. The second kappa shape index (κ2) is 11.3. The van der Waals surface area contributed by atoms with Crippen LogP contribution in [0.2, 0.25) is 0 Å². The minimum absolute atomic E-state index is 0.00374. The molecular weight excluding hydrogens is 470 g/mol. The van der Waals surface area contributed by atoms with Crippen LogP contribution in [0.3, 0.4) is 0 Å². The van der Waals surface area contributed by atoms with Crippen molar-refractivity contribution in [1.29, 1.82) is 0 Å². The summed E-state index contributed by atoms with van der Waals surface area (Å²) in [6.07, 6.45) is 2.40. The molecule has 37 heavy (non-hydrogen) atoms. The maximum atomic E-state index is 13.1. The van der Waals surface area contributed by atoms with Gasteiger partial charge in [0.05, 0.1) is 17.7 Å². The summed E-state index contributed by atoms with van der Waals surface area (Å²) in [6.45, 7) is 4.88. The van der Waals surface area contributed by atoms with E-state index in [4.69, 9.17) is 10.5 Å². The Morgan fingerprint density at radius 1 is 1.03 bits per heavy atom. The number of azo groups is 1. The Labute approximate surface area is 214 Å². The minimum Gasteiger partial charge on any atom is -0.505 e. The molecule has 2 amide bonds. The van der Waals surface area contributed by atoms with Gasteiger partial charge in [0.2, 0.25) is 0 Å². The quantitative estimate of drug-likeness (QED) is 0.239. The molecule has 4 rings (SSSR count). The normalized spacial score (nSPS) is 11.2. The fourth-order valence-electron chi connectivity index (χ4n) is 3.60. The third-order valence-corrected chi connectivity index (χ3v) is 5.61. The fourth-order valence-corrected chi connectivity index (χ4v) is 3.60. The highest BCUT2D eigenvalue weighted by Gasteiger charge is 2.19. The first-order valence-corrected chi connectivity index (χ1v) is 11.8. The van der Waals surface area contributed by atoms with Crippen LogP contribution in [-0.2, 0) is 0 Å². The summed E-state index contributed by atoms with van der Waals surface area (Å²) >= 11 is 0. The standard InChI is InChI=1S/C28H27N5O4/c1-17(2)13-15-37-20-11-9-19(10-12-20)31-28(36)23-16-18-6-3-4-7-21(18)24(25(23)34)32-33-27-22(26(29)35)8-5-14-30-27/h3-12,14,16-17,34H,13,15H2,1-2H3,(H2,29,35)(H,31,36)/b33-32+. The van der Waals surface area contributed by atoms with Crippen molar-refractivity contribution in [1.82, 2.24) is 4.98 Å². The number of fused-ring (bicyclic) bond motifs is 1. The molecule has 0 aliphatic carbocycles. The van der Waals surface area contributed by atoms with Crippen LogP contribution in [0, 0.1) is 5.92 Å². The molecule has 0 saturated carbocycles. The predicted octanol–water partition coefficient (Wildman–Crippen LogP) is 6.13. The van der Waals surface area contributed by atoms with E-state index in [9.17, 15) is 14.7 Å². The zero-order chi connectivity index (χ0) is 26.4. The molecule has 0 spiro atoms. The minimum atomic E-state index is -0.708. The van der Waals surface area contributed by atoms with Crippen LogP contribution in [0.5, 0.6) is 11.5 Å². The predicted molar refractivity (Wildman–Crippen MR) is 142 cm³/mol. The van der Waals surface area contributed by atoms with Crippen molar-refractivity contribution in [2.45, 2.75) is 20.3 Å². The lowest BCUT2D eigenvalue weighted by atomic mass is 10.0. The number of hydrogen-bond donors (Lipinski definition) is 3. The third-order valence-electron chi connectivity index (χ3n) is 5.61. The molecule has 9 nitrogen and oxygen atoms in total. The number of aromatic hydroxyl groups is 1. The number of pyridine rings is 1. The van der Waals surface area contributed by atoms with Gasteiger partial charge in [-0.05, 0) is 60.2 Å². The summed E-state index contributed by atoms with van der Waals surface area (Å²) in [4.78, 5) is 28.9. The zero-order valence-electron chi connectivity index (χ0n) is 20.5. The van der Waals surface area contributed by atoms with Crippen molar-refractivity contribution in [3.05, 3.63) is 84.1 Å². The number of aromatic nitrogens is 1. The molecule has 0 radical (unpaired) electrons. The molecule has 9 heteroatoms. The second-order valence-corrected chi connectivity index (χ2v) is 8.79. The Morgan fingerprint density at radius 2 is 1.78 bits per heavy atom. The molecule has 188 valence electrons. The molecule has 0 bridgehead atoms. The molecule has 4 aromatic rings. The van der Waals surface area contributed by atoms with E-state index in [1.807, 2.05) is 6.07 Å². The topological polar surface area (TPSA) is 139 Å². The summed E-state index contributed by atoms with van der Waals surface area (Å²) in [7, 11) is 0. The molecule has 0 aliphatic heterocycles. The van der Waals surface area contributed by atoms with Gasteiger partial charge in [0.15, 0.2) is 11.6 Å². The maximum absolute atomic E-state index is 13.1. The van der Waals surface area contributed by atoms with E-state index in [1.54, 1.807) is 54.6 Å². The van der Waals surface area contributed by atoms with Crippen LogP contribution in [0.4, 0.5) is 17.2 Å². The average molecular weight is 498 g/mol. The van der Waals surface area contributed by atoms with Gasteiger partial charge in [0.25, 0.3) is 11.8 Å². The number of hydrogen-bond acceptors (Lipinski definition) is 7. The van der Waals surface area contributed by atoms with E-state index in [-0.39, 0.29) is 28.4 Å². The number of carbonyl (C=O) groups excluding carboxylic acids is 2. The first-order valence-electron chi connectivity index (χ1n) is 11.8. The highest BCUT2D eigenvalue weighted by atomic mass is 16.5. The van der Waals surface area contributed by atoms with Gasteiger partial charge < -0.3 is 20.9 Å². The lowest BCUT2D eigenvalue weighted by Crippen LogP contribution is -2.12. The lowest BCUT2D eigenvalue weighted by Gasteiger charge is -2.12. The number of phenolic OH excluding ortho intramolecular Hbond substituents is 1. The lowest BCUT2D eigenvalue weighted by molar-refractivity contribution is 0.0997. The molecular formula is C28H27N5O4. The molecule has 4 N–H and O–H groups in total. The van der Waals surface area contributed by atoms with Crippen molar-refractivity contribution >= 4 is 39.8 Å². The number of benzene rings is 3. The van der Waals surface area contributed by atoms with Crippen molar-refractivity contribution in [3.8, 4) is 11.5 Å². The Kier molecular flexibility index (Phi) is 7.73. The van der Waals surface area contributed by atoms with Crippen molar-refractivity contribution in [2.75, 3.05) is 11.9 Å². The highest BCUT2D eigenvalue weighted by Crippen LogP contribution is 2.39. The number of anilines is 1. The van der Waals surface area contributed by atoms with E-state index in [2.05, 4.69) is 34.4 Å². The number of ether oxygens (including phenoxy) is 1. The molecule has 3 aromatic carbocycles. The molecule has 0 fully saturated rings. The Morgan fingerprint density at radius 3 is 2.51 bits per heavy atom. The van der Waals surface area contributed by atoms with Gasteiger partial charge in [-0.2, -0.15) is 0 Å². The number of primary amides is 1. The molecule has 0 aliphatic rings. The largest absolute Gasteiger partial charge is 0.505 e. The Hall–Kier alpha value is -4.79. The number of nitrogens with one attached hydrogen (secondary N) is 1. The first kappa shape index (κ1) is 25.3. The summed E-state index contributed by atoms with van der Waals surface area (Å²) < 4.78 is 5.72. The number of carbonyl (C=O) groups is 2. The Balaban J connectivity index is 1.62. The van der Waals surface area contributed by atoms with E-state index >= 15 is 0 Å². The van der Waals surface area contributed by atoms with Crippen molar-refractivity contribution < 1.29 is 19.4 Å². The molecule has 1 heterocycles. The number of nitrogens with two attached hydrogens (primary N) is 1. The molecule has 0 atom stereocenters. The van der Waals surface area contributed by atoms with Gasteiger partial charge >= 0.3 is 0 Å². The van der Waals surface area contributed by atoms with Gasteiger partial charge in [-0.3, -0.25) is 9.59 Å². The Bertz CT molecular complexity index is 1470. The molecule has 0 saturated heterocycles. The van der Waals surface area contributed by atoms with E-state index < -0.39 is 11.8 Å². The number of nitrogens with zero attached hydrogens (tertiary/aromatic N) is 3. The van der Waals surface area contributed by atoms with Gasteiger partial charge in [0.1, 0.15) is 11.4 Å². The van der Waals surface area contributed by atoms with E-state index in [1.165, 1.54) is 12.3 Å². The molecule has 0 unspecified atom stereocenters. The van der Waals surface area contributed by atoms with Crippen LogP contribution >= 0.6 is 0 Å². The van der Waals surface area contributed by atoms with E-state index in [0.29, 0.717) is 34.7 Å². The maximum Gasteiger partial charge on any atom is 0.259 e. The number of phenols is 1. The fraction of sp³-hybridized carbons (Fsp3) is 0.179. The second-order valence-electron chi connectivity index (χ2n) is 8.79. The summed E-state index contributed by atoms with van der Waals surface area (Å²) in [5, 5.41) is 23.3. The van der Waals surface area contributed by atoms with Gasteiger partial charge in [-0.1, -0.05) is 38.1 Å². The first-order chi connectivity index (χ1) is 17.8. The third kappa shape index (κ3) is 6.07. The van der Waals surface area contributed by atoms with Crippen molar-refractivity contribution in [2.24, 2.45) is 21.9 Å². The van der Waals surface area contributed by atoms with E-state index in [0.717, 1.165) is 6.42 Å². The average Bonchev–Trinajstić information content (AvgIpc) is 2.88. The number of rotatable bonds is 9. The van der Waals surface area contributed by atoms with Crippen molar-refractivity contribution in [3.63, 3.8) is 0 Å². The van der Waals surface area contributed by atoms with Crippen LogP contribution in [0.25, 0.3) is 10.8 Å². The van der Waals surface area contributed by atoms with Gasteiger partial charge in [-0.25, -0.2) is 4.98 Å². The summed E-state index contributed by atoms with van der Waals surface area (Å²) in [6, 6.07) is 18.8. The number of amides is 2. The van der Waals surface area contributed by atoms with Crippen LogP contribution in [0.1, 0.15) is 41.0 Å².